The Morgan fingerprint density at radius 1 is 1.27 bits per heavy atom. The van der Waals surface area contributed by atoms with Gasteiger partial charge in [-0.1, -0.05) is 13.8 Å². The molecule has 1 aliphatic heterocycles. The topological polar surface area (TPSA) is 3.24 Å². The zero-order chi connectivity index (χ0) is 8.91. The number of nitrogens with zero attached hydrogens (tertiary/aromatic N) is 1. The molecular formula is C9H21IN-. The Balaban J connectivity index is 0.000000461. The van der Waals surface area contributed by atoms with Gasteiger partial charge in [-0.15, -0.1) is 0 Å². The van der Waals surface area contributed by atoms with Gasteiger partial charge in [-0.05, 0) is 0 Å². The van der Waals surface area contributed by atoms with Crippen molar-refractivity contribution in [3.8, 4) is 0 Å². The van der Waals surface area contributed by atoms with Crippen LogP contribution in [0.5, 0.6) is 0 Å². The molecule has 70 valence electrons. The summed E-state index contributed by atoms with van der Waals surface area (Å²) in [6.45, 7) is 10.0. The number of rotatable bonds is 0. The predicted molar refractivity (Wildman–Crippen MR) is 47.8 cm³/mol. The van der Waals surface area contributed by atoms with E-state index in [0.29, 0.717) is 26.7 Å². The minimum absolute atomic E-state index is 0.519. The van der Waals surface area contributed by atoms with Gasteiger partial charge in [0.1, 0.15) is 0 Å². The van der Waals surface area contributed by atoms with Crippen molar-refractivity contribution in [1.82, 2.24) is 4.90 Å². The molecule has 0 bridgehead atoms. The molecule has 0 unspecified atom stereocenters. The maximum absolute atomic E-state index is 2.48. The van der Waals surface area contributed by atoms with Crippen LogP contribution < -0.4 is 21.2 Å². The molecule has 0 aromatic carbocycles. The summed E-state index contributed by atoms with van der Waals surface area (Å²) < 4.78 is 2.97. The van der Waals surface area contributed by atoms with Crippen molar-refractivity contribution < 1.29 is 21.2 Å². The third-order valence-electron chi connectivity index (χ3n) is 2.01. The molecule has 11 heavy (non-hydrogen) atoms. The predicted octanol–water partition coefficient (Wildman–Crippen LogP) is -1.17. The van der Waals surface area contributed by atoms with Gasteiger partial charge in [0.25, 0.3) is 0 Å². The van der Waals surface area contributed by atoms with Crippen molar-refractivity contribution in [2.24, 2.45) is 0 Å². The molecule has 1 heterocycles. The fraction of sp³-hybridized carbons (Fsp3) is 1.00. The van der Waals surface area contributed by atoms with Crippen LogP contribution in [0.1, 0.15) is 27.7 Å². The van der Waals surface area contributed by atoms with Crippen LogP contribution in [0.4, 0.5) is 0 Å². The van der Waals surface area contributed by atoms with Gasteiger partial charge >= 0.3 is 67.9 Å². The molecule has 0 aromatic rings. The summed E-state index contributed by atoms with van der Waals surface area (Å²) in [6.07, 6.45) is 0. The fourth-order valence-corrected chi connectivity index (χ4v) is 4.24. The van der Waals surface area contributed by atoms with E-state index in [2.05, 4.69) is 25.8 Å². The van der Waals surface area contributed by atoms with E-state index in [4.69, 9.17) is 0 Å². The Morgan fingerprint density at radius 2 is 1.82 bits per heavy atom. The quantitative estimate of drug-likeness (QED) is 0.396. The van der Waals surface area contributed by atoms with Crippen LogP contribution in [0, 0.1) is 0 Å². The first-order chi connectivity index (χ1) is 5.13. The van der Waals surface area contributed by atoms with Gasteiger partial charge in [0, 0.05) is 0 Å². The van der Waals surface area contributed by atoms with Crippen molar-refractivity contribution in [3.63, 3.8) is 0 Å². The molecule has 0 spiro atoms. The summed E-state index contributed by atoms with van der Waals surface area (Å²) in [4.78, 5) is 2.48. The Morgan fingerprint density at radius 3 is 2.09 bits per heavy atom. The molecular weight excluding hydrogens is 249 g/mol. The van der Waals surface area contributed by atoms with Crippen molar-refractivity contribution >= 4 is 0 Å². The molecule has 1 aliphatic rings. The van der Waals surface area contributed by atoms with Crippen molar-refractivity contribution in [2.75, 3.05) is 22.4 Å². The van der Waals surface area contributed by atoms with Crippen LogP contribution in [0.15, 0.2) is 0 Å². The van der Waals surface area contributed by atoms with Gasteiger partial charge < -0.3 is 0 Å². The maximum atomic E-state index is 2.48. The van der Waals surface area contributed by atoms with E-state index in [1.54, 1.807) is 0 Å². The van der Waals surface area contributed by atoms with Crippen LogP contribution in [-0.4, -0.2) is 32.9 Å². The van der Waals surface area contributed by atoms with Crippen molar-refractivity contribution in [1.29, 1.82) is 0 Å². The van der Waals surface area contributed by atoms with E-state index in [1.807, 2.05) is 13.8 Å². The van der Waals surface area contributed by atoms with Crippen LogP contribution in [0.3, 0.4) is 0 Å². The monoisotopic (exact) mass is 270 g/mol. The molecule has 2 heteroatoms. The average molecular weight is 270 g/mol. The molecule has 0 aliphatic carbocycles. The minimum atomic E-state index is 0.519. The molecule has 1 nitrogen and oxygen atoms in total. The molecule has 0 saturated carbocycles. The molecule has 0 atom stereocenters. The summed E-state index contributed by atoms with van der Waals surface area (Å²) in [5, 5.41) is 0. The fourth-order valence-electron chi connectivity index (χ4n) is 0.889. The van der Waals surface area contributed by atoms with E-state index < -0.39 is 0 Å². The molecule has 0 aromatic heterocycles. The van der Waals surface area contributed by atoms with Gasteiger partial charge in [-0.3, -0.25) is 0 Å². The molecule has 0 N–H and O–H groups in total. The zero-order valence-electron chi connectivity index (χ0n) is 8.45. The molecule has 0 amide bonds. The first-order valence-electron chi connectivity index (χ1n) is 4.38. The molecule has 0 radical (unpaired) electrons. The second kappa shape index (κ2) is 5.36. The van der Waals surface area contributed by atoms with Crippen LogP contribution in [0.25, 0.3) is 0 Å². The summed E-state index contributed by atoms with van der Waals surface area (Å²) in [5.74, 6) is 0. The second-order valence-corrected chi connectivity index (χ2v) is 6.17. The van der Waals surface area contributed by atoms with Gasteiger partial charge in [0.2, 0.25) is 0 Å². The first-order valence-corrected chi connectivity index (χ1v) is 7.43. The number of hydrogen-bond donors (Lipinski definition) is 0. The normalized spacial score (nSPS) is 24.5. The molecule has 1 rings (SSSR count). The summed E-state index contributed by atoms with van der Waals surface area (Å²) in [6, 6.07) is 0. The Kier molecular flexibility index (Phi) is 5.69. The molecule has 1 fully saturated rings. The van der Waals surface area contributed by atoms with Gasteiger partial charge in [-0.2, -0.15) is 0 Å². The number of hydrogen-bond acceptors (Lipinski definition) is 1. The van der Waals surface area contributed by atoms with Crippen LogP contribution in [-0.2, 0) is 0 Å². The van der Waals surface area contributed by atoms with Gasteiger partial charge in [0.15, 0.2) is 0 Å². The Labute approximate surface area is 81.8 Å². The molecule has 1 saturated heterocycles. The summed E-state index contributed by atoms with van der Waals surface area (Å²) >= 11 is 0.556. The van der Waals surface area contributed by atoms with Crippen molar-refractivity contribution in [2.45, 2.75) is 33.2 Å². The van der Waals surface area contributed by atoms with Gasteiger partial charge in [0.05, 0.1) is 0 Å². The van der Waals surface area contributed by atoms with E-state index in [-0.39, 0.29) is 0 Å². The number of alkyl halides is 2. The third kappa shape index (κ3) is 3.74. The number of halogens is 1. The Bertz CT molecular complexity index is 102. The zero-order valence-corrected chi connectivity index (χ0v) is 10.6. The Hall–Kier alpha value is 0.690. The van der Waals surface area contributed by atoms with Crippen molar-refractivity contribution in [3.05, 3.63) is 0 Å². The van der Waals surface area contributed by atoms with Crippen LogP contribution in [0.2, 0.25) is 0 Å². The van der Waals surface area contributed by atoms with E-state index >= 15 is 0 Å². The summed E-state index contributed by atoms with van der Waals surface area (Å²) in [7, 11) is 2.24. The average Bonchev–Trinajstić information content (AvgIpc) is 2.00. The summed E-state index contributed by atoms with van der Waals surface area (Å²) in [5.41, 5.74) is 0.519. The first kappa shape index (κ1) is 11.7. The van der Waals surface area contributed by atoms with E-state index in [0.717, 1.165) is 0 Å². The third-order valence-corrected chi connectivity index (χ3v) is 5.66. The SMILES string of the molecule is CC.CN1CC[I-]CC1(C)C. The standard InChI is InChI=1S/C7H15IN.C2H6/c1-7(2)6-8-4-5-9(7)3;1-2/h4-6H2,1-3H3;1-2H3/q-1;. The second-order valence-electron chi connectivity index (χ2n) is 3.25. The van der Waals surface area contributed by atoms with E-state index in [1.165, 1.54) is 15.4 Å². The van der Waals surface area contributed by atoms with Crippen LogP contribution >= 0.6 is 0 Å². The van der Waals surface area contributed by atoms with E-state index in [9.17, 15) is 0 Å². The van der Waals surface area contributed by atoms with Gasteiger partial charge in [-0.25, -0.2) is 0 Å².